The van der Waals surface area contributed by atoms with Crippen molar-refractivity contribution in [3.63, 3.8) is 0 Å². The summed E-state index contributed by atoms with van der Waals surface area (Å²) in [6, 6.07) is 0. The minimum atomic E-state index is -0.670. The van der Waals surface area contributed by atoms with Gasteiger partial charge in [-0.05, 0) is 25.7 Å². The third-order valence-corrected chi connectivity index (χ3v) is 2.85. The standard InChI is InChI=1S/C16H28O2/c1-2-3-4-5-6-7-8-9-10-11-12-13-14-15-16(17)18/h4-7H,2-3,8-15H2,1H3,(H,17,18)/b5-4+,7-6+. The van der Waals surface area contributed by atoms with Crippen molar-refractivity contribution in [2.24, 2.45) is 0 Å². The molecule has 0 saturated carbocycles. The lowest BCUT2D eigenvalue weighted by atomic mass is 10.1. The van der Waals surface area contributed by atoms with Crippen molar-refractivity contribution in [3.8, 4) is 0 Å². The lowest BCUT2D eigenvalue weighted by Crippen LogP contribution is -1.93. The molecule has 0 aliphatic carbocycles. The first-order valence-corrected chi connectivity index (χ1v) is 7.30. The van der Waals surface area contributed by atoms with Crippen molar-refractivity contribution in [2.45, 2.75) is 71.1 Å². The van der Waals surface area contributed by atoms with Crippen LogP contribution in [-0.2, 0) is 4.79 Å². The molecular weight excluding hydrogens is 224 g/mol. The second kappa shape index (κ2) is 14.0. The van der Waals surface area contributed by atoms with Gasteiger partial charge in [0.15, 0.2) is 0 Å². The highest BCUT2D eigenvalue weighted by atomic mass is 16.4. The Morgan fingerprint density at radius 2 is 1.44 bits per heavy atom. The summed E-state index contributed by atoms with van der Waals surface area (Å²) in [5.74, 6) is -0.670. The first-order valence-electron chi connectivity index (χ1n) is 7.30. The van der Waals surface area contributed by atoms with Crippen LogP contribution in [-0.4, -0.2) is 11.1 Å². The Morgan fingerprint density at radius 1 is 0.889 bits per heavy atom. The zero-order valence-corrected chi connectivity index (χ0v) is 11.7. The summed E-state index contributed by atoms with van der Waals surface area (Å²) in [5.41, 5.74) is 0. The third kappa shape index (κ3) is 14.9. The van der Waals surface area contributed by atoms with Gasteiger partial charge >= 0.3 is 5.97 Å². The van der Waals surface area contributed by atoms with Gasteiger partial charge in [0.25, 0.3) is 0 Å². The summed E-state index contributed by atoms with van der Waals surface area (Å²) in [7, 11) is 0. The number of hydrogen-bond donors (Lipinski definition) is 1. The number of carboxylic acids is 1. The van der Waals surface area contributed by atoms with Crippen LogP contribution in [0.25, 0.3) is 0 Å². The Kier molecular flexibility index (Phi) is 13.2. The van der Waals surface area contributed by atoms with Crippen LogP contribution in [0.15, 0.2) is 24.3 Å². The number of aliphatic carboxylic acids is 1. The molecule has 0 radical (unpaired) electrons. The molecular formula is C16H28O2. The lowest BCUT2D eigenvalue weighted by Gasteiger charge is -1.99. The van der Waals surface area contributed by atoms with Crippen molar-refractivity contribution in [1.29, 1.82) is 0 Å². The van der Waals surface area contributed by atoms with Crippen molar-refractivity contribution in [3.05, 3.63) is 24.3 Å². The van der Waals surface area contributed by atoms with Gasteiger partial charge in [0.2, 0.25) is 0 Å². The van der Waals surface area contributed by atoms with Crippen LogP contribution in [0.2, 0.25) is 0 Å². The summed E-state index contributed by atoms with van der Waals surface area (Å²) in [5, 5.41) is 8.48. The Balaban J connectivity index is 3.13. The first kappa shape index (κ1) is 16.9. The van der Waals surface area contributed by atoms with Crippen LogP contribution in [0.3, 0.4) is 0 Å². The maximum absolute atomic E-state index is 10.3. The molecule has 0 unspecified atom stereocenters. The average Bonchev–Trinajstić information content (AvgIpc) is 2.34. The van der Waals surface area contributed by atoms with E-state index in [0.29, 0.717) is 6.42 Å². The molecule has 0 fully saturated rings. The fourth-order valence-corrected chi connectivity index (χ4v) is 1.76. The predicted octanol–water partition coefficient (Wildman–Crippen LogP) is 5.10. The molecule has 18 heavy (non-hydrogen) atoms. The fourth-order valence-electron chi connectivity index (χ4n) is 1.76. The average molecular weight is 252 g/mol. The Labute approximate surface area is 112 Å². The predicted molar refractivity (Wildman–Crippen MR) is 77.8 cm³/mol. The number of carboxylic acid groups (broad SMARTS) is 1. The van der Waals surface area contributed by atoms with Crippen LogP contribution in [0, 0.1) is 0 Å². The van der Waals surface area contributed by atoms with E-state index in [1.54, 1.807) is 0 Å². The summed E-state index contributed by atoms with van der Waals surface area (Å²) in [6.07, 6.45) is 19.4. The summed E-state index contributed by atoms with van der Waals surface area (Å²) < 4.78 is 0. The highest BCUT2D eigenvalue weighted by Gasteiger charge is 1.95. The van der Waals surface area contributed by atoms with E-state index in [1.807, 2.05) is 0 Å². The molecule has 104 valence electrons. The largest absolute Gasteiger partial charge is 0.481 e. The normalized spacial score (nSPS) is 11.6. The molecule has 0 aromatic rings. The maximum Gasteiger partial charge on any atom is 0.303 e. The van der Waals surface area contributed by atoms with Crippen LogP contribution < -0.4 is 0 Å². The van der Waals surface area contributed by atoms with E-state index in [4.69, 9.17) is 5.11 Å². The van der Waals surface area contributed by atoms with E-state index in [1.165, 1.54) is 38.5 Å². The molecule has 0 heterocycles. The third-order valence-electron chi connectivity index (χ3n) is 2.85. The van der Waals surface area contributed by atoms with Crippen LogP contribution in [0.1, 0.15) is 71.1 Å². The number of allylic oxidation sites excluding steroid dienone is 4. The number of rotatable bonds is 12. The Hall–Kier alpha value is -1.05. The van der Waals surface area contributed by atoms with E-state index >= 15 is 0 Å². The van der Waals surface area contributed by atoms with Crippen molar-refractivity contribution >= 4 is 5.97 Å². The van der Waals surface area contributed by atoms with Gasteiger partial charge in [-0.25, -0.2) is 0 Å². The Bertz CT molecular complexity index is 241. The minimum Gasteiger partial charge on any atom is -0.481 e. The summed E-state index contributed by atoms with van der Waals surface area (Å²) >= 11 is 0. The molecule has 2 nitrogen and oxygen atoms in total. The van der Waals surface area contributed by atoms with E-state index in [9.17, 15) is 4.79 Å². The molecule has 0 saturated heterocycles. The van der Waals surface area contributed by atoms with Gasteiger partial charge in [-0.3, -0.25) is 4.79 Å². The molecule has 2 heteroatoms. The zero-order chi connectivity index (χ0) is 13.5. The Morgan fingerprint density at radius 3 is 2.06 bits per heavy atom. The quantitative estimate of drug-likeness (QED) is 0.387. The van der Waals surface area contributed by atoms with Gasteiger partial charge in [0.1, 0.15) is 0 Å². The second-order valence-electron chi connectivity index (χ2n) is 4.70. The fraction of sp³-hybridized carbons (Fsp3) is 0.688. The molecule has 0 atom stereocenters. The molecule has 0 aliphatic rings. The molecule has 1 N–H and O–H groups in total. The van der Waals surface area contributed by atoms with Gasteiger partial charge in [-0.15, -0.1) is 0 Å². The van der Waals surface area contributed by atoms with Crippen molar-refractivity contribution in [2.75, 3.05) is 0 Å². The van der Waals surface area contributed by atoms with Gasteiger partial charge < -0.3 is 5.11 Å². The van der Waals surface area contributed by atoms with Gasteiger partial charge in [0, 0.05) is 6.42 Å². The lowest BCUT2D eigenvalue weighted by molar-refractivity contribution is -0.137. The second-order valence-corrected chi connectivity index (χ2v) is 4.70. The molecule has 0 rings (SSSR count). The van der Waals surface area contributed by atoms with Crippen LogP contribution in [0.5, 0.6) is 0 Å². The number of hydrogen-bond acceptors (Lipinski definition) is 1. The highest BCUT2D eigenvalue weighted by Crippen LogP contribution is 2.08. The van der Waals surface area contributed by atoms with E-state index < -0.39 is 5.97 Å². The number of carbonyl (C=O) groups is 1. The van der Waals surface area contributed by atoms with Crippen molar-refractivity contribution in [1.82, 2.24) is 0 Å². The van der Waals surface area contributed by atoms with E-state index in [2.05, 4.69) is 31.2 Å². The van der Waals surface area contributed by atoms with Crippen LogP contribution >= 0.6 is 0 Å². The highest BCUT2D eigenvalue weighted by molar-refractivity contribution is 5.66. The van der Waals surface area contributed by atoms with Crippen molar-refractivity contribution < 1.29 is 9.90 Å². The summed E-state index contributed by atoms with van der Waals surface area (Å²) in [6.45, 7) is 2.19. The number of unbranched alkanes of at least 4 members (excludes halogenated alkanes) is 7. The van der Waals surface area contributed by atoms with E-state index in [0.717, 1.165) is 19.3 Å². The van der Waals surface area contributed by atoms with Crippen LogP contribution in [0.4, 0.5) is 0 Å². The SMILES string of the molecule is CCC/C=C/C=C/CCCCCCCCC(=O)O. The monoisotopic (exact) mass is 252 g/mol. The molecule has 0 aliphatic heterocycles. The molecule has 0 aromatic heterocycles. The minimum absolute atomic E-state index is 0.326. The molecule has 0 spiro atoms. The van der Waals surface area contributed by atoms with Gasteiger partial charge in [-0.1, -0.05) is 63.3 Å². The zero-order valence-electron chi connectivity index (χ0n) is 11.7. The molecule has 0 amide bonds. The smallest absolute Gasteiger partial charge is 0.303 e. The maximum atomic E-state index is 10.3. The molecule has 0 aromatic carbocycles. The van der Waals surface area contributed by atoms with E-state index in [-0.39, 0.29) is 0 Å². The summed E-state index contributed by atoms with van der Waals surface area (Å²) in [4.78, 5) is 10.3. The first-order chi connectivity index (χ1) is 8.77. The van der Waals surface area contributed by atoms with Gasteiger partial charge in [-0.2, -0.15) is 0 Å². The topological polar surface area (TPSA) is 37.3 Å². The van der Waals surface area contributed by atoms with Gasteiger partial charge in [0.05, 0.1) is 0 Å². The molecule has 0 bridgehead atoms.